The van der Waals surface area contributed by atoms with Gasteiger partial charge >= 0.3 is 0 Å². The monoisotopic (exact) mass is 498 g/mol. The summed E-state index contributed by atoms with van der Waals surface area (Å²) in [6.07, 6.45) is 1.34. The van der Waals surface area contributed by atoms with E-state index in [4.69, 9.17) is 9.47 Å². The quantitative estimate of drug-likeness (QED) is 0.435. The molecular weight excluding hydrogens is 480 g/mol. The Labute approximate surface area is 174 Å². The van der Waals surface area contributed by atoms with E-state index in [0.717, 1.165) is 20.1 Å². The van der Waals surface area contributed by atoms with Crippen molar-refractivity contribution in [2.24, 2.45) is 5.10 Å². The highest BCUT2D eigenvalue weighted by Gasteiger charge is 2.10. The molecule has 0 bridgehead atoms. The average Bonchev–Trinajstić information content (AvgIpc) is 2.58. The third kappa shape index (κ3) is 5.97. The number of hydrogen-bond acceptors (Lipinski definition) is 5. The molecule has 2 N–H and O–H groups in total. The van der Waals surface area contributed by atoms with E-state index in [-0.39, 0.29) is 12.4 Å². The number of nitrogens with zero attached hydrogens (tertiary/aromatic N) is 1. The number of phenolic OH excluding ortho intramolecular Hbond substituents is 1. The normalized spacial score (nSPS) is 10.9. The number of nitrogens with one attached hydrogen (secondary N) is 1. The van der Waals surface area contributed by atoms with Gasteiger partial charge in [0.15, 0.2) is 18.1 Å². The third-order valence-electron chi connectivity index (χ3n) is 3.48. The van der Waals surface area contributed by atoms with E-state index in [2.05, 4.69) is 42.4 Å². The number of carbonyl (C=O) groups is 1. The Bertz CT molecular complexity index is 846. The third-order valence-corrected chi connectivity index (χ3v) is 4.53. The zero-order valence-corrected chi connectivity index (χ0v) is 18.3. The van der Waals surface area contributed by atoms with Crippen LogP contribution in [0.25, 0.3) is 0 Å². The van der Waals surface area contributed by atoms with Crippen LogP contribution in [0.3, 0.4) is 0 Å². The smallest absolute Gasteiger partial charge is 0.277 e. The molecule has 2 aromatic rings. The maximum Gasteiger partial charge on any atom is 0.277 e. The van der Waals surface area contributed by atoms with Crippen molar-refractivity contribution in [3.63, 3.8) is 0 Å². The fraction of sp³-hybridized carbons (Fsp3) is 0.263. The molecule has 6 nitrogen and oxygen atoms in total. The molecule has 0 aliphatic rings. The Morgan fingerprint density at radius 2 is 1.96 bits per heavy atom. The predicted octanol–water partition coefficient (Wildman–Crippen LogP) is 4.46. The second kappa shape index (κ2) is 9.75. The van der Waals surface area contributed by atoms with Crippen LogP contribution in [0, 0.1) is 13.8 Å². The van der Waals surface area contributed by atoms with Crippen LogP contribution in [-0.4, -0.2) is 30.4 Å². The molecule has 0 radical (unpaired) electrons. The zero-order valence-electron chi connectivity index (χ0n) is 15.2. The molecule has 0 spiro atoms. The van der Waals surface area contributed by atoms with Gasteiger partial charge < -0.3 is 14.6 Å². The highest BCUT2D eigenvalue weighted by Crippen LogP contribution is 2.33. The van der Waals surface area contributed by atoms with Crippen molar-refractivity contribution in [2.75, 3.05) is 13.2 Å². The van der Waals surface area contributed by atoms with Crippen molar-refractivity contribution in [3.8, 4) is 17.2 Å². The minimum Gasteiger partial charge on any atom is -0.504 e. The molecule has 27 heavy (non-hydrogen) atoms. The van der Waals surface area contributed by atoms with E-state index >= 15 is 0 Å². The zero-order chi connectivity index (χ0) is 20.0. The number of benzene rings is 2. The minimum absolute atomic E-state index is 0.0477. The summed E-state index contributed by atoms with van der Waals surface area (Å²) in [7, 11) is 0. The number of hydrogen-bond donors (Lipinski definition) is 2. The lowest BCUT2D eigenvalue weighted by Crippen LogP contribution is -2.24. The van der Waals surface area contributed by atoms with Gasteiger partial charge in [0.2, 0.25) is 0 Å². The Kier molecular flexibility index (Phi) is 7.67. The average molecular weight is 500 g/mol. The van der Waals surface area contributed by atoms with Gasteiger partial charge in [0, 0.05) is 10.0 Å². The van der Waals surface area contributed by atoms with E-state index in [1.807, 2.05) is 32.9 Å². The second-order valence-corrected chi connectivity index (χ2v) is 7.52. The van der Waals surface area contributed by atoms with Gasteiger partial charge in [-0.2, -0.15) is 5.10 Å². The summed E-state index contributed by atoms with van der Waals surface area (Å²) in [6, 6.07) is 7.22. The summed E-state index contributed by atoms with van der Waals surface area (Å²) in [5, 5.41) is 14.0. The fourth-order valence-corrected chi connectivity index (χ4v) is 3.63. The maximum absolute atomic E-state index is 12.0. The lowest BCUT2D eigenvalue weighted by Gasteiger charge is -2.11. The summed E-state index contributed by atoms with van der Waals surface area (Å²) in [5.41, 5.74) is 4.81. The second-order valence-electron chi connectivity index (χ2n) is 5.75. The number of rotatable bonds is 7. The standard InChI is InChI=1S/C19H20Br2N2O4/c1-4-26-16-8-14(20)7-13(18(16)25)9-22-23-17(24)10-27-19-12(3)5-11(2)6-15(19)21/h5-9,25H,4,10H2,1-3H3,(H,23,24). The van der Waals surface area contributed by atoms with Gasteiger partial charge in [-0.05, 0) is 66.0 Å². The lowest BCUT2D eigenvalue weighted by atomic mass is 10.1. The number of aromatic hydroxyl groups is 1. The van der Waals surface area contributed by atoms with E-state index in [1.54, 1.807) is 12.1 Å². The molecular formula is C19H20Br2N2O4. The molecule has 144 valence electrons. The van der Waals surface area contributed by atoms with Gasteiger partial charge in [0.1, 0.15) is 5.75 Å². The molecule has 0 atom stereocenters. The van der Waals surface area contributed by atoms with Gasteiger partial charge in [0.05, 0.1) is 17.3 Å². The SMILES string of the molecule is CCOc1cc(Br)cc(C=NNC(=O)COc2c(C)cc(C)cc2Br)c1O. The number of carbonyl (C=O) groups excluding carboxylic acids is 1. The van der Waals surface area contributed by atoms with E-state index < -0.39 is 5.91 Å². The van der Waals surface area contributed by atoms with E-state index in [0.29, 0.717) is 23.7 Å². The molecule has 0 saturated carbocycles. The molecule has 2 rings (SSSR count). The van der Waals surface area contributed by atoms with Crippen LogP contribution in [0.1, 0.15) is 23.6 Å². The molecule has 0 aromatic heterocycles. The number of aryl methyl sites for hydroxylation is 2. The predicted molar refractivity (Wildman–Crippen MR) is 112 cm³/mol. The lowest BCUT2D eigenvalue weighted by molar-refractivity contribution is -0.123. The molecule has 0 unspecified atom stereocenters. The van der Waals surface area contributed by atoms with Gasteiger partial charge in [0.25, 0.3) is 5.91 Å². The number of amides is 1. The molecule has 1 amide bonds. The van der Waals surface area contributed by atoms with Gasteiger partial charge in [-0.3, -0.25) is 4.79 Å². The molecule has 0 aliphatic carbocycles. The molecule has 2 aromatic carbocycles. The summed E-state index contributed by atoms with van der Waals surface area (Å²) in [5.74, 6) is 0.486. The molecule has 0 fully saturated rings. The van der Waals surface area contributed by atoms with Crippen molar-refractivity contribution in [1.82, 2.24) is 5.43 Å². The Balaban J connectivity index is 1.98. The molecule has 0 saturated heterocycles. The van der Waals surface area contributed by atoms with Crippen LogP contribution in [0.4, 0.5) is 0 Å². The molecule has 0 aliphatic heterocycles. The topological polar surface area (TPSA) is 80.2 Å². The number of ether oxygens (including phenoxy) is 2. The Morgan fingerprint density at radius 1 is 1.22 bits per heavy atom. The first-order valence-electron chi connectivity index (χ1n) is 8.18. The highest BCUT2D eigenvalue weighted by atomic mass is 79.9. The van der Waals surface area contributed by atoms with Crippen molar-refractivity contribution >= 4 is 44.0 Å². The van der Waals surface area contributed by atoms with E-state index in [9.17, 15) is 9.90 Å². The fourth-order valence-electron chi connectivity index (χ4n) is 2.39. The summed E-state index contributed by atoms with van der Waals surface area (Å²) in [4.78, 5) is 12.0. The first-order valence-corrected chi connectivity index (χ1v) is 9.77. The van der Waals surface area contributed by atoms with Crippen LogP contribution < -0.4 is 14.9 Å². The van der Waals surface area contributed by atoms with Crippen molar-refractivity contribution in [1.29, 1.82) is 0 Å². The van der Waals surface area contributed by atoms with Gasteiger partial charge in [-0.15, -0.1) is 0 Å². The van der Waals surface area contributed by atoms with E-state index in [1.165, 1.54) is 6.21 Å². The van der Waals surface area contributed by atoms with Crippen LogP contribution in [0.5, 0.6) is 17.2 Å². The molecule has 0 heterocycles. The van der Waals surface area contributed by atoms with Gasteiger partial charge in [-0.1, -0.05) is 22.0 Å². The summed E-state index contributed by atoms with van der Waals surface area (Å²) in [6.45, 7) is 5.95. The van der Waals surface area contributed by atoms with Crippen LogP contribution in [0.15, 0.2) is 38.3 Å². The van der Waals surface area contributed by atoms with Crippen LogP contribution in [-0.2, 0) is 4.79 Å². The number of hydrazone groups is 1. The highest BCUT2D eigenvalue weighted by molar-refractivity contribution is 9.10. The Hall–Kier alpha value is -2.06. The minimum atomic E-state index is -0.419. The first kappa shape index (κ1) is 21.2. The van der Waals surface area contributed by atoms with Crippen LogP contribution in [0.2, 0.25) is 0 Å². The van der Waals surface area contributed by atoms with Crippen molar-refractivity contribution in [3.05, 3.63) is 49.9 Å². The summed E-state index contributed by atoms with van der Waals surface area (Å²) < 4.78 is 12.4. The van der Waals surface area contributed by atoms with Crippen molar-refractivity contribution < 1.29 is 19.4 Å². The molecule has 8 heteroatoms. The van der Waals surface area contributed by atoms with Crippen molar-refractivity contribution in [2.45, 2.75) is 20.8 Å². The van der Waals surface area contributed by atoms with Crippen LogP contribution >= 0.6 is 31.9 Å². The number of halogens is 2. The largest absolute Gasteiger partial charge is 0.504 e. The van der Waals surface area contributed by atoms with Gasteiger partial charge in [-0.25, -0.2) is 5.43 Å². The summed E-state index contributed by atoms with van der Waals surface area (Å²) >= 11 is 6.78. The maximum atomic E-state index is 12.0. The number of phenols is 1. The Morgan fingerprint density at radius 3 is 2.63 bits per heavy atom. The first-order chi connectivity index (χ1) is 12.8.